The summed E-state index contributed by atoms with van der Waals surface area (Å²) < 4.78 is 5.55. The molecule has 3 heterocycles. The number of nitrogens with zero attached hydrogens (tertiary/aromatic N) is 4. The minimum Gasteiger partial charge on any atom is -0.394 e. The Hall–Kier alpha value is -0.810. The lowest BCUT2D eigenvalue weighted by Crippen LogP contribution is -2.55. The Morgan fingerprint density at radius 3 is 2.86 bits per heavy atom. The highest BCUT2D eigenvalue weighted by atomic mass is 35.5. The van der Waals surface area contributed by atoms with Crippen molar-refractivity contribution < 1.29 is 14.9 Å². The fourth-order valence-electron chi connectivity index (χ4n) is 2.51. The van der Waals surface area contributed by atoms with E-state index in [9.17, 15) is 10.2 Å². The largest absolute Gasteiger partial charge is 0.394 e. The first kappa shape index (κ1) is 15.1. The van der Waals surface area contributed by atoms with Gasteiger partial charge in [-0.3, -0.25) is 10.7 Å². The van der Waals surface area contributed by atoms with Crippen molar-refractivity contribution in [2.45, 2.75) is 29.6 Å². The van der Waals surface area contributed by atoms with E-state index >= 15 is 0 Å². The molecule has 5 atom stereocenters. The van der Waals surface area contributed by atoms with Gasteiger partial charge in [0, 0.05) is 0 Å². The number of hydrogen-bond donors (Lipinski definition) is 4. The number of aliphatic hydroxyl groups excluding tert-OH is 2. The number of halogens is 2. The van der Waals surface area contributed by atoms with Gasteiger partial charge in [-0.2, -0.15) is 4.99 Å². The van der Waals surface area contributed by atoms with Crippen LogP contribution in [0.15, 0.2) is 15.0 Å². The molecule has 0 aromatic rings. The maximum absolute atomic E-state index is 9.92. The van der Waals surface area contributed by atoms with E-state index in [0.29, 0.717) is 5.84 Å². The Kier molecular flexibility index (Phi) is 3.69. The first-order chi connectivity index (χ1) is 9.85. The van der Waals surface area contributed by atoms with Gasteiger partial charge in [-0.1, -0.05) is 11.6 Å². The highest BCUT2D eigenvalue weighted by molar-refractivity contribution is 6.70. The summed E-state index contributed by atoms with van der Waals surface area (Å²) in [6.07, 6.45) is -2.51. The molecule has 9 nitrogen and oxygen atoms in total. The van der Waals surface area contributed by atoms with Gasteiger partial charge in [-0.05, 0) is 11.6 Å². The quantitative estimate of drug-likeness (QED) is 0.338. The van der Waals surface area contributed by atoms with E-state index in [2.05, 4.69) is 15.0 Å². The summed E-state index contributed by atoms with van der Waals surface area (Å²) in [6.45, 7) is -0.208. The number of fused-ring (bicyclic) bond motifs is 1. The van der Waals surface area contributed by atoms with Gasteiger partial charge in [-0.15, -0.1) is 0 Å². The number of rotatable bonds is 2. The monoisotopic (exact) mass is 336 g/mol. The van der Waals surface area contributed by atoms with Crippen LogP contribution in [0.2, 0.25) is 0 Å². The highest BCUT2D eigenvalue weighted by Gasteiger charge is 2.50. The molecule has 0 saturated carbocycles. The third-order valence-electron chi connectivity index (χ3n) is 3.56. The normalized spacial score (nSPS) is 42.6. The van der Waals surface area contributed by atoms with Gasteiger partial charge in [-0.25, -0.2) is 4.99 Å². The van der Waals surface area contributed by atoms with Crippen molar-refractivity contribution in [3.63, 3.8) is 0 Å². The lowest BCUT2D eigenvalue weighted by Gasteiger charge is -2.30. The molecule has 0 aromatic carbocycles. The Labute approximate surface area is 129 Å². The van der Waals surface area contributed by atoms with E-state index in [-0.39, 0.29) is 24.3 Å². The van der Waals surface area contributed by atoms with Crippen LogP contribution in [-0.2, 0) is 4.74 Å². The van der Waals surface area contributed by atoms with Crippen LogP contribution in [0.1, 0.15) is 0 Å². The SMILES string of the molecule is N[C@@H]1[C@H](O)[C@@H](CO)O[C@H]1N1CN=C2C1=NC(Cl)=NC2(N)Cl. The molecule has 0 amide bonds. The summed E-state index contributed by atoms with van der Waals surface area (Å²) in [5, 5.41) is 17.4. The van der Waals surface area contributed by atoms with Crippen LogP contribution in [0.5, 0.6) is 0 Å². The van der Waals surface area contributed by atoms with Crippen molar-refractivity contribution in [2.75, 3.05) is 13.3 Å². The molecule has 116 valence electrons. The molecule has 1 fully saturated rings. The first-order valence-electron chi connectivity index (χ1n) is 6.19. The molecular formula is C10H14Cl2N6O3. The second kappa shape index (κ2) is 5.13. The molecule has 3 aliphatic rings. The van der Waals surface area contributed by atoms with Crippen LogP contribution in [-0.4, -0.2) is 74.8 Å². The molecule has 0 aliphatic carbocycles. The van der Waals surface area contributed by atoms with Gasteiger partial charge in [0.2, 0.25) is 10.4 Å². The van der Waals surface area contributed by atoms with Gasteiger partial charge in [0.25, 0.3) is 0 Å². The van der Waals surface area contributed by atoms with E-state index in [1.165, 1.54) is 0 Å². The molecule has 3 aliphatic heterocycles. The second-order valence-corrected chi connectivity index (χ2v) is 5.84. The molecule has 21 heavy (non-hydrogen) atoms. The molecule has 0 radical (unpaired) electrons. The Bertz CT molecular complexity index is 551. The summed E-state index contributed by atoms with van der Waals surface area (Å²) in [7, 11) is 0. The lowest BCUT2D eigenvalue weighted by molar-refractivity contribution is -0.0569. The zero-order valence-electron chi connectivity index (χ0n) is 10.7. The van der Waals surface area contributed by atoms with Gasteiger partial charge in [0.15, 0.2) is 12.1 Å². The van der Waals surface area contributed by atoms with Crippen LogP contribution in [0.25, 0.3) is 0 Å². The zero-order valence-corrected chi connectivity index (χ0v) is 12.2. The zero-order chi connectivity index (χ0) is 15.4. The maximum Gasteiger partial charge on any atom is 0.233 e. The molecule has 11 heteroatoms. The summed E-state index contributed by atoms with van der Waals surface area (Å²) in [5.74, 6) is 0.304. The summed E-state index contributed by atoms with van der Waals surface area (Å²) in [6, 6.07) is -0.750. The number of nitrogens with two attached hydrogens (primary N) is 2. The van der Waals surface area contributed by atoms with Crippen molar-refractivity contribution in [1.82, 2.24) is 4.90 Å². The summed E-state index contributed by atoms with van der Waals surface area (Å²) in [5.41, 5.74) is 12.0. The van der Waals surface area contributed by atoms with Gasteiger partial charge >= 0.3 is 0 Å². The van der Waals surface area contributed by atoms with E-state index < -0.39 is 29.6 Å². The number of amidine groups is 2. The van der Waals surface area contributed by atoms with Crippen LogP contribution >= 0.6 is 23.2 Å². The van der Waals surface area contributed by atoms with Crippen LogP contribution in [0.4, 0.5) is 0 Å². The minimum absolute atomic E-state index is 0.112. The molecule has 3 rings (SSSR count). The minimum atomic E-state index is -1.60. The summed E-state index contributed by atoms with van der Waals surface area (Å²) in [4.78, 5) is 13.6. The average Bonchev–Trinajstić information content (AvgIpc) is 2.93. The Balaban J connectivity index is 1.89. The third-order valence-corrected chi connectivity index (χ3v) is 3.99. The Morgan fingerprint density at radius 2 is 2.24 bits per heavy atom. The predicted octanol–water partition coefficient (Wildman–Crippen LogP) is -2.04. The van der Waals surface area contributed by atoms with E-state index in [1.54, 1.807) is 4.90 Å². The molecule has 0 bridgehead atoms. The standard InChI is InChI=1S/C10H14Cl2N6O3/c11-9-16-7-6(10(12,14)17-9)15-2-18(7)8-4(13)5(20)3(1-19)21-8/h3-5,8,19-20H,1-2,13-14H2/t3-,4-,5-,8-,10?/m1/s1. The predicted molar refractivity (Wildman–Crippen MR) is 77.4 cm³/mol. The number of aliphatic hydroxyl groups is 2. The van der Waals surface area contributed by atoms with Crippen molar-refractivity contribution >= 4 is 40.0 Å². The molecule has 0 spiro atoms. The highest BCUT2D eigenvalue weighted by Crippen LogP contribution is 2.30. The molecular weight excluding hydrogens is 323 g/mol. The number of ether oxygens (including phenoxy) is 1. The average molecular weight is 337 g/mol. The fraction of sp³-hybridized carbons (Fsp3) is 0.700. The fourth-order valence-corrected chi connectivity index (χ4v) is 2.99. The topological polar surface area (TPSA) is 142 Å². The van der Waals surface area contributed by atoms with Crippen LogP contribution < -0.4 is 11.5 Å². The third kappa shape index (κ3) is 2.34. The van der Waals surface area contributed by atoms with Crippen molar-refractivity contribution in [1.29, 1.82) is 0 Å². The first-order valence-corrected chi connectivity index (χ1v) is 6.94. The second-order valence-electron chi connectivity index (χ2n) is 4.92. The van der Waals surface area contributed by atoms with Gasteiger partial charge in [0.05, 0.1) is 12.6 Å². The van der Waals surface area contributed by atoms with Crippen LogP contribution in [0.3, 0.4) is 0 Å². The van der Waals surface area contributed by atoms with E-state index in [0.717, 1.165) is 0 Å². The van der Waals surface area contributed by atoms with Crippen molar-refractivity contribution in [2.24, 2.45) is 26.4 Å². The smallest absolute Gasteiger partial charge is 0.233 e. The van der Waals surface area contributed by atoms with Crippen LogP contribution in [0, 0.1) is 0 Å². The van der Waals surface area contributed by atoms with Gasteiger partial charge < -0.3 is 25.6 Å². The van der Waals surface area contributed by atoms with Crippen molar-refractivity contribution in [3.05, 3.63) is 0 Å². The maximum atomic E-state index is 9.92. The van der Waals surface area contributed by atoms with Gasteiger partial charge in [0.1, 0.15) is 24.6 Å². The Morgan fingerprint density at radius 1 is 1.52 bits per heavy atom. The molecule has 1 unspecified atom stereocenters. The summed E-state index contributed by atoms with van der Waals surface area (Å²) >= 11 is 11.9. The molecule has 6 N–H and O–H groups in total. The lowest BCUT2D eigenvalue weighted by atomic mass is 10.1. The number of hydrogen-bond acceptors (Lipinski definition) is 9. The van der Waals surface area contributed by atoms with Crippen molar-refractivity contribution in [3.8, 4) is 0 Å². The van der Waals surface area contributed by atoms with E-state index in [4.69, 9.17) is 39.4 Å². The molecule has 1 saturated heterocycles. The van der Waals surface area contributed by atoms with E-state index in [1.807, 2.05) is 0 Å². The molecule has 0 aromatic heterocycles. The number of aliphatic imine (C=N–C) groups is 3. The number of alkyl halides is 1.